The normalized spacial score (nSPS) is 12.2. The van der Waals surface area contributed by atoms with Crippen LogP contribution in [-0.4, -0.2) is 41.1 Å². The second-order valence-electron chi connectivity index (χ2n) is 4.54. The van der Waals surface area contributed by atoms with Crippen LogP contribution in [0.3, 0.4) is 0 Å². The van der Waals surface area contributed by atoms with Crippen molar-refractivity contribution in [1.82, 2.24) is 15.1 Å². The van der Waals surface area contributed by atoms with Crippen LogP contribution in [0.1, 0.15) is 43.4 Å². The molecule has 0 fully saturated rings. The van der Waals surface area contributed by atoms with Gasteiger partial charge in [-0.2, -0.15) is 0 Å². The first-order valence-corrected chi connectivity index (χ1v) is 7.22. The van der Waals surface area contributed by atoms with Crippen molar-refractivity contribution in [1.29, 1.82) is 0 Å². The number of nitrogens with one attached hydrogen (secondary N) is 1. The van der Waals surface area contributed by atoms with Crippen molar-refractivity contribution in [3.63, 3.8) is 0 Å². The van der Waals surface area contributed by atoms with E-state index in [9.17, 15) is 4.79 Å². The SMILES string of the molecule is CCCNc1nnc(C(=O)N(C)CC(C)CC)s1. The molecule has 1 heterocycles. The van der Waals surface area contributed by atoms with Gasteiger partial charge in [0.25, 0.3) is 5.91 Å². The van der Waals surface area contributed by atoms with Gasteiger partial charge in [0.1, 0.15) is 0 Å². The molecule has 1 amide bonds. The third-order valence-corrected chi connectivity index (χ3v) is 3.63. The van der Waals surface area contributed by atoms with Crippen LogP contribution >= 0.6 is 11.3 Å². The zero-order valence-electron chi connectivity index (χ0n) is 11.6. The summed E-state index contributed by atoms with van der Waals surface area (Å²) in [6.07, 6.45) is 2.09. The average Bonchev–Trinajstić information content (AvgIpc) is 2.83. The Morgan fingerprint density at radius 2 is 2.17 bits per heavy atom. The Bertz CT molecular complexity index is 380. The van der Waals surface area contributed by atoms with Crippen molar-refractivity contribution in [2.75, 3.05) is 25.5 Å². The van der Waals surface area contributed by atoms with Crippen LogP contribution in [0.25, 0.3) is 0 Å². The van der Waals surface area contributed by atoms with Crippen molar-refractivity contribution in [3.8, 4) is 0 Å². The summed E-state index contributed by atoms with van der Waals surface area (Å²) in [6, 6.07) is 0. The van der Waals surface area contributed by atoms with Gasteiger partial charge >= 0.3 is 0 Å². The molecular formula is C12H22N4OS. The minimum absolute atomic E-state index is 0.0441. The second kappa shape index (κ2) is 7.31. The molecule has 1 aromatic rings. The molecule has 0 saturated heterocycles. The number of aromatic nitrogens is 2. The third kappa shape index (κ3) is 4.25. The van der Waals surface area contributed by atoms with Gasteiger partial charge in [0.05, 0.1) is 0 Å². The molecule has 0 radical (unpaired) electrons. The molecule has 1 aromatic heterocycles. The first kappa shape index (κ1) is 14.9. The smallest absolute Gasteiger partial charge is 0.284 e. The molecule has 0 aromatic carbocycles. The highest BCUT2D eigenvalue weighted by Crippen LogP contribution is 2.17. The first-order chi connectivity index (χ1) is 8.58. The van der Waals surface area contributed by atoms with E-state index in [1.54, 1.807) is 4.90 Å². The lowest BCUT2D eigenvalue weighted by Crippen LogP contribution is -2.30. The highest BCUT2D eigenvalue weighted by atomic mass is 32.1. The topological polar surface area (TPSA) is 58.1 Å². The molecule has 0 aliphatic carbocycles. The zero-order valence-corrected chi connectivity index (χ0v) is 12.4. The fourth-order valence-electron chi connectivity index (χ4n) is 1.46. The van der Waals surface area contributed by atoms with E-state index >= 15 is 0 Å². The number of rotatable bonds is 7. The summed E-state index contributed by atoms with van der Waals surface area (Å²) in [5, 5.41) is 12.2. The number of amides is 1. The fourth-order valence-corrected chi connectivity index (χ4v) is 2.22. The standard InChI is InChI=1S/C12H22N4OS/c1-5-7-13-12-15-14-10(18-12)11(17)16(4)8-9(3)6-2/h9H,5-8H2,1-4H3,(H,13,15). The van der Waals surface area contributed by atoms with E-state index < -0.39 is 0 Å². The van der Waals surface area contributed by atoms with E-state index in [1.807, 2.05) is 7.05 Å². The van der Waals surface area contributed by atoms with E-state index in [0.717, 1.165) is 31.1 Å². The van der Waals surface area contributed by atoms with Gasteiger partial charge in [0.15, 0.2) is 0 Å². The lowest BCUT2D eigenvalue weighted by Gasteiger charge is -2.19. The van der Waals surface area contributed by atoms with Gasteiger partial charge in [-0.15, -0.1) is 10.2 Å². The maximum Gasteiger partial charge on any atom is 0.284 e. The molecule has 18 heavy (non-hydrogen) atoms. The molecule has 6 heteroatoms. The van der Waals surface area contributed by atoms with Crippen molar-refractivity contribution < 1.29 is 4.79 Å². The average molecular weight is 270 g/mol. The Kier molecular flexibility index (Phi) is 6.04. The predicted octanol–water partition coefficient (Wildman–Crippen LogP) is 2.48. The molecule has 0 bridgehead atoms. The van der Waals surface area contributed by atoms with Crippen LogP contribution in [0.2, 0.25) is 0 Å². The molecule has 0 aliphatic heterocycles. The molecule has 1 rings (SSSR count). The summed E-state index contributed by atoms with van der Waals surface area (Å²) >= 11 is 1.32. The highest BCUT2D eigenvalue weighted by molar-refractivity contribution is 7.17. The van der Waals surface area contributed by atoms with E-state index in [1.165, 1.54) is 11.3 Å². The lowest BCUT2D eigenvalue weighted by molar-refractivity contribution is 0.0773. The molecule has 0 aliphatic rings. The molecule has 1 atom stereocenters. The van der Waals surface area contributed by atoms with E-state index in [2.05, 4.69) is 36.3 Å². The maximum atomic E-state index is 12.1. The van der Waals surface area contributed by atoms with Crippen LogP contribution in [-0.2, 0) is 0 Å². The van der Waals surface area contributed by atoms with Crippen molar-refractivity contribution in [2.45, 2.75) is 33.6 Å². The minimum atomic E-state index is -0.0441. The Morgan fingerprint density at radius 3 is 2.78 bits per heavy atom. The quantitative estimate of drug-likeness (QED) is 0.827. The molecule has 1 unspecified atom stereocenters. The van der Waals surface area contributed by atoms with Crippen LogP contribution in [0.5, 0.6) is 0 Å². The second-order valence-corrected chi connectivity index (χ2v) is 5.52. The molecule has 0 saturated carbocycles. The van der Waals surface area contributed by atoms with Crippen LogP contribution in [0.4, 0.5) is 5.13 Å². The Hall–Kier alpha value is -1.17. The summed E-state index contributed by atoms with van der Waals surface area (Å²) in [6.45, 7) is 7.96. The molecule has 5 nitrogen and oxygen atoms in total. The van der Waals surface area contributed by atoms with E-state index in [4.69, 9.17) is 0 Å². The summed E-state index contributed by atoms with van der Waals surface area (Å²) in [4.78, 5) is 13.8. The number of carbonyl (C=O) groups is 1. The molecule has 0 spiro atoms. The van der Waals surface area contributed by atoms with E-state index in [0.29, 0.717) is 10.9 Å². The fraction of sp³-hybridized carbons (Fsp3) is 0.750. The lowest BCUT2D eigenvalue weighted by atomic mass is 10.1. The molecule has 1 N–H and O–H groups in total. The number of hydrogen-bond donors (Lipinski definition) is 1. The van der Waals surface area contributed by atoms with Gasteiger partial charge in [-0.25, -0.2) is 0 Å². The van der Waals surface area contributed by atoms with E-state index in [-0.39, 0.29) is 5.91 Å². The van der Waals surface area contributed by atoms with Gasteiger partial charge < -0.3 is 10.2 Å². The third-order valence-electron chi connectivity index (χ3n) is 2.76. The molecular weight excluding hydrogens is 248 g/mol. The van der Waals surface area contributed by atoms with Gasteiger partial charge in [-0.05, 0) is 12.3 Å². The number of nitrogens with zero attached hydrogens (tertiary/aromatic N) is 3. The predicted molar refractivity (Wildman–Crippen MR) is 75.1 cm³/mol. The Labute approximate surface area is 113 Å². The highest BCUT2D eigenvalue weighted by Gasteiger charge is 2.18. The zero-order chi connectivity index (χ0) is 13.5. The van der Waals surface area contributed by atoms with Crippen LogP contribution < -0.4 is 5.32 Å². The van der Waals surface area contributed by atoms with Crippen LogP contribution in [0.15, 0.2) is 0 Å². The van der Waals surface area contributed by atoms with Crippen molar-refractivity contribution in [3.05, 3.63) is 5.01 Å². The number of carbonyl (C=O) groups excluding carboxylic acids is 1. The van der Waals surface area contributed by atoms with Gasteiger partial charge in [0.2, 0.25) is 10.1 Å². The maximum absolute atomic E-state index is 12.1. The summed E-state index contributed by atoms with van der Waals surface area (Å²) in [5.74, 6) is 0.460. The largest absolute Gasteiger partial charge is 0.360 e. The Morgan fingerprint density at radius 1 is 1.44 bits per heavy atom. The number of hydrogen-bond acceptors (Lipinski definition) is 5. The monoisotopic (exact) mass is 270 g/mol. The first-order valence-electron chi connectivity index (χ1n) is 6.41. The van der Waals surface area contributed by atoms with Gasteiger partial charge in [0, 0.05) is 20.1 Å². The summed E-state index contributed by atoms with van der Waals surface area (Å²) < 4.78 is 0. The van der Waals surface area contributed by atoms with Gasteiger partial charge in [-0.1, -0.05) is 38.5 Å². The number of anilines is 1. The summed E-state index contributed by atoms with van der Waals surface area (Å²) in [5.41, 5.74) is 0. The van der Waals surface area contributed by atoms with Gasteiger partial charge in [-0.3, -0.25) is 4.79 Å². The van der Waals surface area contributed by atoms with Crippen molar-refractivity contribution >= 4 is 22.4 Å². The summed E-state index contributed by atoms with van der Waals surface area (Å²) in [7, 11) is 1.81. The van der Waals surface area contributed by atoms with Crippen LogP contribution in [0, 0.1) is 5.92 Å². The minimum Gasteiger partial charge on any atom is -0.360 e. The Balaban J connectivity index is 2.57. The molecule has 102 valence electrons. The van der Waals surface area contributed by atoms with Crippen molar-refractivity contribution in [2.24, 2.45) is 5.92 Å².